The fourth-order valence-electron chi connectivity index (χ4n) is 2.17. The van der Waals surface area contributed by atoms with Crippen molar-refractivity contribution in [2.24, 2.45) is 5.92 Å². The summed E-state index contributed by atoms with van der Waals surface area (Å²) in [6.45, 7) is 4.57. The molecule has 1 saturated carbocycles. The summed E-state index contributed by atoms with van der Waals surface area (Å²) in [5.41, 5.74) is 0. The number of hydrogen-bond donors (Lipinski definition) is 2. The first kappa shape index (κ1) is 14.5. The van der Waals surface area contributed by atoms with E-state index in [0.29, 0.717) is 5.95 Å². The number of aryl methyl sites for hydroxylation is 1. The van der Waals surface area contributed by atoms with Crippen molar-refractivity contribution in [2.75, 3.05) is 37.4 Å². The number of anilines is 2. The van der Waals surface area contributed by atoms with Gasteiger partial charge in [0.1, 0.15) is 10.6 Å². The number of hydrogen-bond acceptors (Lipinski definition) is 6. The Bertz CT molecular complexity index is 609. The fourth-order valence-corrected chi connectivity index (χ4v) is 3.14. The van der Waals surface area contributed by atoms with Crippen LogP contribution in [0.4, 0.5) is 11.8 Å². The Hall–Kier alpha value is -1.40. The summed E-state index contributed by atoms with van der Waals surface area (Å²) in [7, 11) is 1.85. The molecular formula is C15H22N4OS. The zero-order valence-electron chi connectivity index (χ0n) is 12.6. The summed E-state index contributed by atoms with van der Waals surface area (Å²) >= 11 is 1.73. The molecule has 5 nitrogen and oxygen atoms in total. The third kappa shape index (κ3) is 3.63. The molecule has 1 fully saturated rings. The average molecular weight is 306 g/mol. The molecule has 1 aliphatic carbocycles. The second-order valence-corrected chi connectivity index (χ2v) is 6.49. The predicted octanol–water partition coefficient (Wildman–Crippen LogP) is 3.13. The van der Waals surface area contributed by atoms with Gasteiger partial charge < -0.3 is 15.4 Å². The van der Waals surface area contributed by atoms with E-state index in [1.807, 2.05) is 7.05 Å². The van der Waals surface area contributed by atoms with E-state index < -0.39 is 0 Å². The first-order valence-electron chi connectivity index (χ1n) is 7.60. The molecule has 114 valence electrons. The Morgan fingerprint density at radius 1 is 1.38 bits per heavy atom. The molecule has 0 radical (unpaired) electrons. The topological polar surface area (TPSA) is 59.1 Å². The minimum Gasteiger partial charge on any atom is -0.379 e. The van der Waals surface area contributed by atoms with Crippen LogP contribution in [0.25, 0.3) is 10.2 Å². The van der Waals surface area contributed by atoms with E-state index in [0.717, 1.165) is 48.1 Å². The van der Waals surface area contributed by atoms with Gasteiger partial charge in [0.15, 0.2) is 0 Å². The zero-order valence-corrected chi connectivity index (χ0v) is 13.4. The second kappa shape index (κ2) is 6.58. The van der Waals surface area contributed by atoms with Crippen molar-refractivity contribution in [3.63, 3.8) is 0 Å². The monoisotopic (exact) mass is 306 g/mol. The van der Waals surface area contributed by atoms with Crippen LogP contribution in [0, 0.1) is 5.92 Å². The zero-order chi connectivity index (χ0) is 14.7. The van der Waals surface area contributed by atoms with Crippen molar-refractivity contribution in [1.29, 1.82) is 0 Å². The molecule has 0 saturated heterocycles. The normalized spacial score (nSPS) is 14.6. The summed E-state index contributed by atoms with van der Waals surface area (Å²) in [5, 5.41) is 7.52. The highest BCUT2D eigenvalue weighted by molar-refractivity contribution is 7.18. The van der Waals surface area contributed by atoms with Crippen LogP contribution in [-0.4, -0.2) is 36.8 Å². The Balaban J connectivity index is 1.67. The molecule has 0 unspecified atom stereocenters. The smallest absolute Gasteiger partial charge is 0.225 e. The Kier molecular flexibility index (Phi) is 4.55. The van der Waals surface area contributed by atoms with Gasteiger partial charge in [-0.15, -0.1) is 11.3 Å². The molecule has 0 aliphatic heterocycles. The minimum absolute atomic E-state index is 0.661. The van der Waals surface area contributed by atoms with Gasteiger partial charge in [0.05, 0.1) is 12.0 Å². The van der Waals surface area contributed by atoms with Crippen LogP contribution in [0.5, 0.6) is 0 Å². The molecule has 6 heteroatoms. The molecule has 0 atom stereocenters. The number of rotatable bonds is 8. The van der Waals surface area contributed by atoms with Gasteiger partial charge in [0.2, 0.25) is 5.95 Å². The van der Waals surface area contributed by atoms with Crippen LogP contribution in [0.3, 0.4) is 0 Å². The molecule has 0 bridgehead atoms. The molecule has 21 heavy (non-hydrogen) atoms. The highest BCUT2D eigenvalue weighted by Gasteiger charge is 2.20. The van der Waals surface area contributed by atoms with Crippen LogP contribution in [0.1, 0.15) is 24.6 Å². The van der Waals surface area contributed by atoms with Crippen molar-refractivity contribution >= 4 is 33.3 Å². The lowest BCUT2D eigenvalue weighted by atomic mass is 10.3. The molecule has 1 aliphatic rings. The Labute approximate surface area is 129 Å². The molecule has 3 rings (SSSR count). The van der Waals surface area contributed by atoms with E-state index in [1.165, 1.54) is 17.7 Å². The summed E-state index contributed by atoms with van der Waals surface area (Å²) in [5.74, 6) is 2.37. The molecule has 0 amide bonds. The summed E-state index contributed by atoms with van der Waals surface area (Å²) in [6, 6.07) is 2.19. The lowest BCUT2D eigenvalue weighted by Crippen LogP contribution is -2.12. The van der Waals surface area contributed by atoms with Crippen molar-refractivity contribution < 1.29 is 4.74 Å². The maximum Gasteiger partial charge on any atom is 0.225 e. The summed E-state index contributed by atoms with van der Waals surface area (Å²) in [6.07, 6.45) is 3.69. The second-order valence-electron chi connectivity index (χ2n) is 5.38. The Morgan fingerprint density at radius 3 is 2.95 bits per heavy atom. The third-order valence-electron chi connectivity index (χ3n) is 3.61. The van der Waals surface area contributed by atoms with Gasteiger partial charge in [-0.05, 0) is 31.2 Å². The van der Waals surface area contributed by atoms with Gasteiger partial charge in [-0.1, -0.05) is 6.92 Å². The van der Waals surface area contributed by atoms with E-state index >= 15 is 0 Å². The van der Waals surface area contributed by atoms with Crippen LogP contribution in [0.15, 0.2) is 6.07 Å². The van der Waals surface area contributed by atoms with Crippen molar-refractivity contribution in [3.05, 3.63) is 10.9 Å². The fraction of sp³-hybridized carbons (Fsp3) is 0.600. The van der Waals surface area contributed by atoms with Gasteiger partial charge in [-0.3, -0.25) is 0 Å². The summed E-state index contributed by atoms with van der Waals surface area (Å²) < 4.78 is 5.66. The molecule has 2 aromatic heterocycles. The first-order valence-corrected chi connectivity index (χ1v) is 8.41. The maximum absolute atomic E-state index is 5.66. The van der Waals surface area contributed by atoms with E-state index in [2.05, 4.69) is 33.6 Å². The van der Waals surface area contributed by atoms with Gasteiger partial charge in [-0.2, -0.15) is 4.98 Å². The van der Waals surface area contributed by atoms with Crippen molar-refractivity contribution in [3.8, 4) is 0 Å². The van der Waals surface area contributed by atoms with Gasteiger partial charge >= 0.3 is 0 Å². The number of aromatic nitrogens is 2. The van der Waals surface area contributed by atoms with Crippen molar-refractivity contribution in [2.45, 2.75) is 26.2 Å². The van der Waals surface area contributed by atoms with Crippen molar-refractivity contribution in [1.82, 2.24) is 9.97 Å². The predicted molar refractivity (Wildman–Crippen MR) is 88.4 cm³/mol. The number of nitrogens with zero attached hydrogens (tertiary/aromatic N) is 2. The number of thiophene rings is 1. The highest BCUT2D eigenvalue weighted by Crippen LogP contribution is 2.30. The standard InChI is InChI=1S/C15H22N4OS/c1-3-11-8-12-13(17-6-7-20-9-10-4-5-10)18-15(16-2)19-14(12)21-11/h8,10H,3-7,9H2,1-2H3,(H2,16,17,18,19). The highest BCUT2D eigenvalue weighted by atomic mass is 32.1. The van der Waals surface area contributed by atoms with Crippen LogP contribution < -0.4 is 10.6 Å². The largest absolute Gasteiger partial charge is 0.379 e. The lowest BCUT2D eigenvalue weighted by Gasteiger charge is -2.09. The summed E-state index contributed by atoms with van der Waals surface area (Å²) in [4.78, 5) is 11.4. The molecule has 0 spiro atoms. The minimum atomic E-state index is 0.661. The first-order chi connectivity index (χ1) is 10.3. The van der Waals surface area contributed by atoms with E-state index in [-0.39, 0.29) is 0 Å². The number of ether oxygens (including phenoxy) is 1. The quantitative estimate of drug-likeness (QED) is 0.734. The van der Waals surface area contributed by atoms with E-state index in [4.69, 9.17) is 4.74 Å². The van der Waals surface area contributed by atoms with E-state index in [1.54, 1.807) is 11.3 Å². The SMILES string of the molecule is CCc1cc2c(NCCOCC3CC3)nc(NC)nc2s1. The molecule has 2 heterocycles. The number of fused-ring (bicyclic) bond motifs is 1. The van der Waals surface area contributed by atoms with Gasteiger partial charge in [-0.25, -0.2) is 4.98 Å². The van der Waals surface area contributed by atoms with Crippen LogP contribution in [0.2, 0.25) is 0 Å². The van der Waals surface area contributed by atoms with Crippen LogP contribution >= 0.6 is 11.3 Å². The Morgan fingerprint density at radius 2 is 2.24 bits per heavy atom. The molecule has 2 N–H and O–H groups in total. The third-order valence-corrected chi connectivity index (χ3v) is 4.78. The van der Waals surface area contributed by atoms with Crippen LogP contribution in [-0.2, 0) is 11.2 Å². The molecule has 0 aromatic carbocycles. The van der Waals surface area contributed by atoms with Gasteiger partial charge in [0, 0.05) is 25.1 Å². The molecule has 2 aromatic rings. The van der Waals surface area contributed by atoms with Gasteiger partial charge in [0.25, 0.3) is 0 Å². The number of nitrogens with one attached hydrogen (secondary N) is 2. The maximum atomic E-state index is 5.66. The molecular weight excluding hydrogens is 284 g/mol. The average Bonchev–Trinajstić information content (AvgIpc) is 3.23. The van der Waals surface area contributed by atoms with E-state index in [9.17, 15) is 0 Å². The lowest BCUT2D eigenvalue weighted by molar-refractivity contribution is 0.134.